The van der Waals surface area contributed by atoms with E-state index in [0.717, 1.165) is 29.7 Å². The predicted molar refractivity (Wildman–Crippen MR) is 75.5 cm³/mol. The van der Waals surface area contributed by atoms with Crippen LogP contribution in [0, 0.1) is 5.92 Å². The van der Waals surface area contributed by atoms with Crippen LogP contribution in [0.1, 0.15) is 40.6 Å². The average molecular weight is 295 g/mol. The number of thiophene rings is 1. The molecule has 0 saturated carbocycles. The summed E-state index contributed by atoms with van der Waals surface area (Å²) < 4.78 is 5.39. The number of hydrogen-bond acceptors (Lipinski definition) is 4. The first-order valence-electron chi connectivity index (χ1n) is 6.88. The fraction of sp³-hybridized carbons (Fsp3) is 0.571. The molecule has 2 aliphatic rings. The highest BCUT2D eigenvalue weighted by molar-refractivity contribution is 7.17. The van der Waals surface area contributed by atoms with Gasteiger partial charge in [0, 0.05) is 11.5 Å². The molecule has 2 heterocycles. The molecular formula is C14H17NO4S. The van der Waals surface area contributed by atoms with Gasteiger partial charge < -0.3 is 15.2 Å². The minimum Gasteiger partial charge on any atom is -0.478 e. The van der Waals surface area contributed by atoms with Crippen molar-refractivity contribution < 1.29 is 19.4 Å². The molecule has 1 aromatic rings. The fourth-order valence-electron chi connectivity index (χ4n) is 3.00. The van der Waals surface area contributed by atoms with Crippen molar-refractivity contribution in [2.24, 2.45) is 5.92 Å². The molecule has 1 saturated heterocycles. The summed E-state index contributed by atoms with van der Waals surface area (Å²) in [4.78, 5) is 24.8. The minimum absolute atomic E-state index is 0.102. The van der Waals surface area contributed by atoms with Gasteiger partial charge in [-0.15, -0.1) is 11.3 Å². The van der Waals surface area contributed by atoms with E-state index >= 15 is 0 Å². The molecular weight excluding hydrogens is 278 g/mol. The van der Waals surface area contributed by atoms with Gasteiger partial charge in [-0.2, -0.15) is 0 Å². The van der Waals surface area contributed by atoms with Crippen molar-refractivity contribution in [3.05, 3.63) is 16.0 Å². The topological polar surface area (TPSA) is 75.6 Å². The van der Waals surface area contributed by atoms with E-state index in [-0.39, 0.29) is 17.9 Å². The van der Waals surface area contributed by atoms with E-state index in [9.17, 15) is 14.7 Å². The molecule has 108 valence electrons. The normalized spacial score (nSPS) is 24.6. The standard InChI is InChI=1S/C14H17NO4S/c1-7-8(5-6-19-7)12(16)15-13-11(14(17)18)9-3-2-4-10(9)20-13/h7-8H,2-6H2,1H3,(H,15,16)(H,17,18). The lowest BCUT2D eigenvalue weighted by atomic mass is 10.0. The Morgan fingerprint density at radius 1 is 1.40 bits per heavy atom. The van der Waals surface area contributed by atoms with Gasteiger partial charge in [0.1, 0.15) is 5.00 Å². The van der Waals surface area contributed by atoms with E-state index in [1.807, 2.05) is 6.92 Å². The molecule has 0 bridgehead atoms. The Morgan fingerprint density at radius 2 is 2.20 bits per heavy atom. The van der Waals surface area contributed by atoms with Gasteiger partial charge in [0.05, 0.1) is 17.6 Å². The molecule has 1 aliphatic carbocycles. The number of hydrogen-bond donors (Lipinski definition) is 2. The summed E-state index contributed by atoms with van der Waals surface area (Å²) in [6.45, 7) is 2.47. The summed E-state index contributed by atoms with van der Waals surface area (Å²) >= 11 is 1.41. The van der Waals surface area contributed by atoms with Gasteiger partial charge in [0.15, 0.2) is 0 Å². The monoisotopic (exact) mass is 295 g/mol. The molecule has 6 heteroatoms. The van der Waals surface area contributed by atoms with Crippen LogP contribution in [0.2, 0.25) is 0 Å². The predicted octanol–water partition coefficient (Wildman–Crippen LogP) is 2.30. The van der Waals surface area contributed by atoms with E-state index in [0.29, 0.717) is 23.6 Å². The maximum Gasteiger partial charge on any atom is 0.339 e. The van der Waals surface area contributed by atoms with Crippen LogP contribution >= 0.6 is 11.3 Å². The Kier molecular flexibility index (Phi) is 3.52. The summed E-state index contributed by atoms with van der Waals surface area (Å²) in [6.07, 6.45) is 3.31. The zero-order valence-corrected chi connectivity index (χ0v) is 12.1. The van der Waals surface area contributed by atoms with E-state index in [1.165, 1.54) is 11.3 Å². The molecule has 2 atom stereocenters. The number of amides is 1. The third-order valence-electron chi connectivity index (χ3n) is 4.08. The number of aromatic carboxylic acids is 1. The Labute approximate surface area is 120 Å². The molecule has 0 aromatic carbocycles. The highest BCUT2D eigenvalue weighted by Crippen LogP contribution is 2.39. The Morgan fingerprint density at radius 3 is 2.85 bits per heavy atom. The maximum atomic E-state index is 12.2. The lowest BCUT2D eigenvalue weighted by Gasteiger charge is -2.13. The van der Waals surface area contributed by atoms with Crippen LogP contribution < -0.4 is 5.32 Å². The second-order valence-corrected chi connectivity index (χ2v) is 6.43. The number of fused-ring (bicyclic) bond motifs is 1. The van der Waals surface area contributed by atoms with Crippen molar-refractivity contribution in [1.82, 2.24) is 0 Å². The molecule has 1 amide bonds. The zero-order chi connectivity index (χ0) is 14.3. The highest BCUT2D eigenvalue weighted by atomic mass is 32.1. The summed E-state index contributed by atoms with van der Waals surface area (Å²) in [5.74, 6) is -1.26. The maximum absolute atomic E-state index is 12.2. The Balaban J connectivity index is 1.84. The van der Waals surface area contributed by atoms with Crippen LogP contribution in [-0.2, 0) is 22.4 Å². The van der Waals surface area contributed by atoms with Crippen molar-refractivity contribution in [2.45, 2.75) is 38.7 Å². The van der Waals surface area contributed by atoms with Crippen LogP contribution in [0.25, 0.3) is 0 Å². The first-order valence-corrected chi connectivity index (χ1v) is 7.70. The van der Waals surface area contributed by atoms with Crippen molar-refractivity contribution >= 4 is 28.2 Å². The van der Waals surface area contributed by atoms with Gasteiger partial charge in [0.2, 0.25) is 5.91 Å². The SMILES string of the molecule is CC1OCCC1C(=O)Nc1sc2c(c1C(=O)O)CCC2. The third-order valence-corrected chi connectivity index (χ3v) is 5.29. The largest absolute Gasteiger partial charge is 0.478 e. The quantitative estimate of drug-likeness (QED) is 0.897. The fourth-order valence-corrected chi connectivity index (χ4v) is 4.28. The highest BCUT2D eigenvalue weighted by Gasteiger charge is 2.33. The molecule has 20 heavy (non-hydrogen) atoms. The van der Waals surface area contributed by atoms with Gasteiger partial charge in [0.25, 0.3) is 0 Å². The number of carbonyl (C=O) groups excluding carboxylic acids is 1. The lowest BCUT2D eigenvalue weighted by Crippen LogP contribution is -2.28. The molecule has 0 spiro atoms. The molecule has 2 N–H and O–H groups in total. The van der Waals surface area contributed by atoms with Gasteiger partial charge >= 0.3 is 5.97 Å². The molecule has 1 aliphatic heterocycles. The smallest absolute Gasteiger partial charge is 0.339 e. The van der Waals surface area contributed by atoms with Crippen molar-refractivity contribution in [2.75, 3.05) is 11.9 Å². The summed E-state index contributed by atoms with van der Waals surface area (Å²) in [5.41, 5.74) is 1.20. The number of ether oxygens (including phenoxy) is 1. The minimum atomic E-state index is -0.949. The average Bonchev–Trinajstić information content (AvgIpc) is 3.03. The Bertz CT molecular complexity index is 566. The number of carboxylic acid groups (broad SMARTS) is 1. The van der Waals surface area contributed by atoms with Crippen LogP contribution in [0.15, 0.2) is 0 Å². The Hall–Kier alpha value is -1.40. The number of anilines is 1. The molecule has 5 nitrogen and oxygen atoms in total. The number of aryl methyl sites for hydroxylation is 1. The van der Waals surface area contributed by atoms with Crippen LogP contribution in [-0.4, -0.2) is 29.7 Å². The number of rotatable bonds is 3. The van der Waals surface area contributed by atoms with Crippen molar-refractivity contribution in [1.29, 1.82) is 0 Å². The summed E-state index contributed by atoms with van der Waals surface area (Å²) in [7, 11) is 0. The molecule has 1 fully saturated rings. The van der Waals surface area contributed by atoms with Crippen molar-refractivity contribution in [3.8, 4) is 0 Å². The number of carbonyl (C=O) groups is 2. The third kappa shape index (κ3) is 2.23. The molecule has 0 radical (unpaired) electrons. The summed E-state index contributed by atoms with van der Waals surface area (Å²) in [6, 6.07) is 0. The van der Waals surface area contributed by atoms with Crippen LogP contribution in [0.3, 0.4) is 0 Å². The van der Waals surface area contributed by atoms with Crippen LogP contribution in [0.4, 0.5) is 5.00 Å². The first-order chi connectivity index (χ1) is 9.58. The van der Waals surface area contributed by atoms with E-state index in [4.69, 9.17) is 4.74 Å². The molecule has 1 aromatic heterocycles. The lowest BCUT2D eigenvalue weighted by molar-refractivity contribution is -0.121. The molecule has 2 unspecified atom stereocenters. The van der Waals surface area contributed by atoms with Gasteiger partial charge in [-0.3, -0.25) is 4.79 Å². The van der Waals surface area contributed by atoms with Gasteiger partial charge in [-0.25, -0.2) is 4.79 Å². The van der Waals surface area contributed by atoms with Gasteiger partial charge in [-0.05, 0) is 38.2 Å². The number of nitrogens with one attached hydrogen (secondary N) is 1. The van der Waals surface area contributed by atoms with Gasteiger partial charge in [-0.1, -0.05) is 0 Å². The van der Waals surface area contributed by atoms with Crippen LogP contribution in [0.5, 0.6) is 0 Å². The molecule has 3 rings (SSSR count). The van der Waals surface area contributed by atoms with Crippen molar-refractivity contribution in [3.63, 3.8) is 0 Å². The second-order valence-electron chi connectivity index (χ2n) is 5.33. The first kappa shape index (κ1) is 13.6. The summed E-state index contributed by atoms with van der Waals surface area (Å²) in [5, 5.41) is 12.7. The van der Waals surface area contributed by atoms with E-state index in [1.54, 1.807) is 0 Å². The second kappa shape index (κ2) is 5.18. The number of carboxylic acids is 1. The van der Waals surface area contributed by atoms with E-state index < -0.39 is 5.97 Å². The van der Waals surface area contributed by atoms with E-state index in [2.05, 4.69) is 5.32 Å². The zero-order valence-electron chi connectivity index (χ0n) is 11.3.